The Balaban J connectivity index is 0.930. The van der Waals surface area contributed by atoms with Crippen molar-refractivity contribution in [1.82, 2.24) is 10.2 Å². The second-order valence-corrected chi connectivity index (χ2v) is 29.3. The average Bonchev–Trinajstić information content (AvgIpc) is 1.61. The number of carbonyl (C=O) groups excluding carboxylic acids is 4. The van der Waals surface area contributed by atoms with E-state index in [2.05, 4.69) is 20.9 Å². The van der Waals surface area contributed by atoms with E-state index in [0.29, 0.717) is 91.1 Å². The van der Waals surface area contributed by atoms with Gasteiger partial charge in [0.15, 0.2) is 39.8 Å². The molecular weight excluding hydrogens is 1270 g/mol. The van der Waals surface area contributed by atoms with Crippen molar-refractivity contribution in [3.63, 3.8) is 0 Å². The van der Waals surface area contributed by atoms with Gasteiger partial charge in [0.2, 0.25) is 5.91 Å². The third-order valence-electron chi connectivity index (χ3n) is 16.3. The Kier molecular flexibility index (Phi) is 21.5. The van der Waals surface area contributed by atoms with Crippen LogP contribution >= 0.6 is 21.6 Å². The maximum atomic E-state index is 14.4. The molecule has 0 saturated heterocycles. The summed E-state index contributed by atoms with van der Waals surface area (Å²) in [5, 5.41) is 17.6. The molecule has 0 aliphatic carbocycles. The summed E-state index contributed by atoms with van der Waals surface area (Å²) in [5.41, 5.74) is 6.89. The zero-order valence-corrected chi connectivity index (χ0v) is 54.7. The Morgan fingerprint density at radius 1 is 0.772 bits per heavy atom. The van der Waals surface area contributed by atoms with E-state index >= 15 is 0 Å². The van der Waals surface area contributed by atoms with Crippen LogP contribution in [0.15, 0.2) is 103 Å². The van der Waals surface area contributed by atoms with E-state index in [1.54, 1.807) is 42.3 Å². The molecular formula is C63H75N7O18S4. The van der Waals surface area contributed by atoms with Gasteiger partial charge < -0.3 is 68.9 Å². The van der Waals surface area contributed by atoms with Crippen LogP contribution in [0.25, 0.3) is 0 Å². The largest absolute Gasteiger partial charge is 0.493 e. The zero-order chi connectivity index (χ0) is 65.5. The van der Waals surface area contributed by atoms with Crippen LogP contribution in [0.5, 0.6) is 23.0 Å². The summed E-state index contributed by atoms with van der Waals surface area (Å²) in [7, 11) is -2.36. The highest BCUT2D eigenvalue weighted by molar-refractivity contribution is 8.77. The Morgan fingerprint density at radius 3 is 2.04 bits per heavy atom. The van der Waals surface area contributed by atoms with Gasteiger partial charge in [-0.2, -0.15) is 16.8 Å². The van der Waals surface area contributed by atoms with Crippen LogP contribution in [-0.2, 0) is 74.9 Å². The molecule has 10 rings (SSSR count). The number of imide groups is 1. The summed E-state index contributed by atoms with van der Waals surface area (Å²) >= 11 is 0. The van der Waals surface area contributed by atoms with E-state index in [1.807, 2.05) is 73.3 Å². The van der Waals surface area contributed by atoms with Gasteiger partial charge in [0.1, 0.15) is 13.2 Å². The van der Waals surface area contributed by atoms with E-state index in [4.69, 9.17) is 33.2 Å². The minimum Gasteiger partial charge on any atom is -0.493 e. The normalized spacial score (nSPS) is 18.5. The van der Waals surface area contributed by atoms with Crippen molar-refractivity contribution in [2.75, 3.05) is 118 Å². The lowest BCUT2D eigenvalue weighted by Gasteiger charge is -2.34. The molecule has 494 valence electrons. The molecule has 0 spiro atoms. The zero-order valence-electron chi connectivity index (χ0n) is 51.4. The number of anilines is 5. The molecule has 5 aromatic rings. The summed E-state index contributed by atoms with van der Waals surface area (Å²) in [6, 6.07) is 26.5. The van der Waals surface area contributed by atoms with Crippen LogP contribution in [0.1, 0.15) is 64.7 Å². The predicted molar refractivity (Wildman–Crippen MR) is 349 cm³/mol. The Labute approximate surface area is 542 Å². The van der Waals surface area contributed by atoms with Gasteiger partial charge in [-0.3, -0.25) is 33.2 Å². The maximum Gasteiger partial charge on any atom is 0.288 e. The van der Waals surface area contributed by atoms with Crippen LogP contribution in [0.4, 0.5) is 28.4 Å². The van der Waals surface area contributed by atoms with Crippen molar-refractivity contribution < 1.29 is 83.4 Å². The van der Waals surface area contributed by atoms with Crippen molar-refractivity contribution in [3.05, 3.63) is 137 Å². The van der Waals surface area contributed by atoms with Crippen LogP contribution < -0.4 is 49.6 Å². The summed E-state index contributed by atoms with van der Waals surface area (Å²) in [6.45, 7) is 6.34. The first-order chi connectivity index (χ1) is 44.0. The number of rotatable bonds is 31. The smallest absolute Gasteiger partial charge is 0.288 e. The number of ether oxygens (including phenoxy) is 7. The summed E-state index contributed by atoms with van der Waals surface area (Å²) in [4.78, 5) is 58.0. The molecule has 4 amide bonds. The topological polar surface area (TPSA) is 311 Å². The summed E-state index contributed by atoms with van der Waals surface area (Å²) in [5.74, 6) is -1.05. The van der Waals surface area contributed by atoms with Crippen LogP contribution in [-0.4, -0.2) is 180 Å². The molecule has 6 N–H and O–H groups in total. The first-order valence-electron chi connectivity index (χ1n) is 29.8. The average molecular weight is 1350 g/mol. The number of nitrogens with one attached hydrogen (secondary N) is 3. The predicted octanol–water partition coefficient (Wildman–Crippen LogP) is 6.25. The number of aliphatic hydroxyl groups excluding tert-OH is 1. The van der Waals surface area contributed by atoms with E-state index in [1.165, 1.54) is 41.9 Å². The Morgan fingerprint density at radius 2 is 1.39 bits per heavy atom. The molecule has 0 radical (unpaired) electrons. The maximum absolute atomic E-state index is 14.4. The number of amides is 4. The number of methoxy groups -OCH3 is 3. The van der Waals surface area contributed by atoms with Crippen molar-refractivity contribution in [2.45, 2.75) is 80.0 Å². The lowest BCUT2D eigenvalue weighted by atomic mass is 10.1. The number of aliphatic hydroxyl groups is 1. The number of para-hydroxylation sites is 2. The minimum atomic E-state index is -4.87. The van der Waals surface area contributed by atoms with Gasteiger partial charge >= 0.3 is 0 Å². The quantitative estimate of drug-likeness (QED) is 0.0124. The first kappa shape index (κ1) is 67.6. The van der Waals surface area contributed by atoms with Crippen molar-refractivity contribution in [3.8, 4) is 23.0 Å². The lowest BCUT2D eigenvalue weighted by molar-refractivity contribution is -0.137. The third kappa shape index (κ3) is 15.7. The lowest BCUT2D eigenvalue weighted by Crippen LogP contribution is -2.48. The fourth-order valence-corrected chi connectivity index (χ4v) is 16.4. The standard InChI is InChI=1S/C63H75N7O18S4/c1-63(2,90-89-25-16-56(91(76,77)78)59(73)64-17-18-68-57(71)14-15-58(68)72)38-67(19-20-85-23-24-86-22-21-82-3)43-27-39(36-87-54-33-47-45(31-52(54)83-4)61(74)69-44(35-65-47)29-41-10-6-8-12-49(41)69)26-40(28-43)37-88-55-34-48-46(32-53(55)84-5)62(75)70-50-13-9-7-11-42(50)30-51(70)60(66-48)92(79,80)81/h6-15,26-28,31-34,44,51,56,60,62,65-66,75H,16-25,29-30,35-38H2,1-5H3,(H,64,73)(H,76,77,78)(H,79,80,81). The van der Waals surface area contributed by atoms with Crippen LogP contribution in [0.3, 0.4) is 0 Å². The number of nitrogens with zero attached hydrogens (tertiary/aromatic N) is 4. The number of fused-ring (bicyclic) bond motifs is 8. The second kappa shape index (κ2) is 29.3. The molecule has 92 heavy (non-hydrogen) atoms. The Hall–Kier alpha value is -7.32. The molecule has 5 heterocycles. The molecule has 5 aliphatic heterocycles. The summed E-state index contributed by atoms with van der Waals surface area (Å²) < 4.78 is 114. The van der Waals surface area contributed by atoms with Gasteiger partial charge in [-0.15, -0.1) is 0 Å². The molecule has 0 fully saturated rings. The fourth-order valence-electron chi connectivity index (χ4n) is 11.9. The van der Waals surface area contributed by atoms with Crippen LogP contribution in [0.2, 0.25) is 0 Å². The second-order valence-electron chi connectivity index (χ2n) is 23.1. The number of benzene rings is 5. The Bertz CT molecular complexity index is 3800. The van der Waals surface area contributed by atoms with Gasteiger partial charge in [0.05, 0.1) is 70.6 Å². The van der Waals surface area contributed by atoms with E-state index in [-0.39, 0.29) is 92.8 Å². The molecule has 5 aromatic carbocycles. The first-order valence-corrected chi connectivity index (χ1v) is 35.1. The van der Waals surface area contributed by atoms with Gasteiger partial charge in [0, 0.05) is 103 Å². The van der Waals surface area contributed by atoms with Gasteiger partial charge in [0.25, 0.3) is 38.0 Å². The highest BCUT2D eigenvalue weighted by atomic mass is 33.1. The van der Waals surface area contributed by atoms with E-state index in [9.17, 15) is 50.2 Å². The van der Waals surface area contributed by atoms with Crippen molar-refractivity contribution in [2.24, 2.45) is 0 Å². The molecule has 0 saturated carbocycles. The van der Waals surface area contributed by atoms with Gasteiger partial charge in [-0.1, -0.05) is 58.0 Å². The highest BCUT2D eigenvalue weighted by Crippen LogP contribution is 2.48. The van der Waals surface area contributed by atoms with Crippen LogP contribution in [0, 0.1) is 0 Å². The monoisotopic (exact) mass is 1350 g/mol. The van der Waals surface area contributed by atoms with E-state index in [0.717, 1.165) is 33.9 Å². The third-order valence-corrected chi connectivity index (χ3v) is 21.8. The van der Waals surface area contributed by atoms with Crippen molar-refractivity contribution >= 4 is 93.9 Å². The van der Waals surface area contributed by atoms with Gasteiger partial charge in [-0.25, -0.2) is 0 Å². The fraction of sp³-hybridized carbons (Fsp3) is 0.429. The molecule has 25 nitrogen and oxygen atoms in total. The minimum absolute atomic E-state index is 0.0147. The summed E-state index contributed by atoms with van der Waals surface area (Å²) in [6.07, 6.45) is 1.49. The number of carbonyl (C=O) groups is 4. The molecule has 29 heteroatoms. The molecule has 5 atom stereocenters. The highest BCUT2D eigenvalue weighted by Gasteiger charge is 2.47. The van der Waals surface area contributed by atoms with Gasteiger partial charge in [-0.05, 0) is 97.8 Å². The SMILES string of the molecule is COCCOCCOCCN(CC(C)(C)SSCCC(C(=O)NCCN1C(=O)C=CC1=O)S(=O)(=O)O)c1cc(COc2cc3c(cc2OC)C(=O)N2c4ccccc4CC2CN3)cc(COc2cc3c(cc2OC)C(O)N2c4ccccc4CC2C(S(=O)(=O)O)N3)c1. The molecule has 5 aliphatic rings. The van der Waals surface area contributed by atoms with E-state index < -0.39 is 65.6 Å². The number of hydrogen-bond donors (Lipinski definition) is 6. The van der Waals surface area contributed by atoms with Crippen molar-refractivity contribution in [1.29, 1.82) is 0 Å². The molecule has 0 aromatic heterocycles. The molecule has 0 bridgehead atoms. The number of hydrogen-bond acceptors (Lipinski definition) is 22. The molecule has 5 unspecified atom stereocenters.